The number of aryl methyl sites for hydroxylation is 1. The molecule has 0 spiro atoms. The van der Waals surface area contributed by atoms with E-state index in [1.165, 1.54) is 12.8 Å². The topological polar surface area (TPSA) is 77.0 Å². The number of rotatable bonds is 2. The summed E-state index contributed by atoms with van der Waals surface area (Å²) < 4.78 is 3.69. The Balaban J connectivity index is 1.94. The highest BCUT2D eigenvalue weighted by Crippen LogP contribution is 2.31. The first-order valence-electron chi connectivity index (χ1n) is 7.95. The first-order valence-corrected chi connectivity index (χ1v) is 7.95. The van der Waals surface area contributed by atoms with Crippen LogP contribution < -0.4 is 4.90 Å². The van der Waals surface area contributed by atoms with Gasteiger partial charge < -0.3 is 4.90 Å². The summed E-state index contributed by atoms with van der Waals surface area (Å²) in [6.45, 7) is 4.90. The van der Waals surface area contributed by atoms with Crippen LogP contribution in [-0.2, 0) is 6.54 Å². The van der Waals surface area contributed by atoms with Gasteiger partial charge in [-0.2, -0.15) is 24.7 Å². The fourth-order valence-electron chi connectivity index (χ4n) is 3.43. The van der Waals surface area contributed by atoms with Crippen LogP contribution in [0.4, 0.5) is 5.82 Å². The van der Waals surface area contributed by atoms with Gasteiger partial charge in [-0.15, -0.1) is 0 Å². The Hall–Kier alpha value is -2.77. The number of fused-ring (bicyclic) bond motifs is 5. The van der Waals surface area contributed by atoms with Gasteiger partial charge in [0.1, 0.15) is 12.1 Å². The first-order chi connectivity index (χ1) is 11.4. The van der Waals surface area contributed by atoms with E-state index in [1.807, 2.05) is 17.1 Å². The molecule has 5 heterocycles. The zero-order chi connectivity index (χ0) is 15.4. The van der Waals surface area contributed by atoms with Crippen molar-refractivity contribution in [2.75, 3.05) is 18.0 Å². The Kier molecular flexibility index (Phi) is 2.55. The molecule has 23 heavy (non-hydrogen) atoms. The predicted octanol–water partition coefficient (Wildman–Crippen LogP) is 1.64. The lowest BCUT2D eigenvalue weighted by Gasteiger charge is -2.18. The number of pyridine rings is 1. The van der Waals surface area contributed by atoms with Crippen molar-refractivity contribution < 1.29 is 0 Å². The average Bonchev–Trinajstić information content (AvgIpc) is 3.32. The second kappa shape index (κ2) is 4.61. The lowest BCUT2D eigenvalue weighted by molar-refractivity contribution is 0.677. The van der Waals surface area contributed by atoms with Gasteiger partial charge in [-0.05, 0) is 19.8 Å². The molecule has 4 aromatic heterocycles. The summed E-state index contributed by atoms with van der Waals surface area (Å²) in [5.74, 6) is 1.58. The summed E-state index contributed by atoms with van der Waals surface area (Å²) in [6.07, 6.45) is 7.71. The van der Waals surface area contributed by atoms with E-state index in [-0.39, 0.29) is 0 Å². The molecular formula is C15H16N8. The van der Waals surface area contributed by atoms with E-state index in [2.05, 4.69) is 32.0 Å². The Morgan fingerprint density at radius 3 is 2.74 bits per heavy atom. The third-order valence-corrected chi connectivity index (χ3v) is 4.53. The molecular weight excluding hydrogens is 292 g/mol. The van der Waals surface area contributed by atoms with E-state index in [1.54, 1.807) is 10.8 Å². The van der Waals surface area contributed by atoms with Crippen LogP contribution in [0.5, 0.6) is 0 Å². The van der Waals surface area contributed by atoms with Crippen molar-refractivity contribution in [3.05, 3.63) is 18.7 Å². The molecule has 8 heteroatoms. The molecule has 5 rings (SSSR count). The van der Waals surface area contributed by atoms with Crippen LogP contribution in [-0.4, -0.2) is 47.4 Å². The molecule has 1 fully saturated rings. The smallest absolute Gasteiger partial charge is 0.254 e. The maximum Gasteiger partial charge on any atom is 0.254 e. The summed E-state index contributed by atoms with van der Waals surface area (Å²) in [5, 5.41) is 10.8. The van der Waals surface area contributed by atoms with Gasteiger partial charge in [0.15, 0.2) is 5.65 Å². The molecule has 0 radical (unpaired) electrons. The molecule has 0 bridgehead atoms. The molecule has 0 atom stereocenters. The Morgan fingerprint density at radius 1 is 1.04 bits per heavy atom. The molecule has 1 aliphatic heterocycles. The number of aromatic nitrogens is 7. The van der Waals surface area contributed by atoms with Crippen molar-refractivity contribution in [1.29, 1.82) is 0 Å². The van der Waals surface area contributed by atoms with Gasteiger partial charge in [-0.25, -0.2) is 9.67 Å². The fourth-order valence-corrected chi connectivity index (χ4v) is 3.43. The summed E-state index contributed by atoms with van der Waals surface area (Å²) in [7, 11) is 0. The van der Waals surface area contributed by atoms with E-state index in [0.717, 1.165) is 47.4 Å². The first kappa shape index (κ1) is 12.7. The minimum absolute atomic E-state index is 0.621. The number of anilines is 1. The standard InChI is InChI=1S/C15H16N8/c1-2-22-13-11(8-18-22)12-10(7-16-13)14(21-5-3-4-6-21)20-15-17-9-19-23(12)15/h7-9H,2-6H2,1H3. The van der Waals surface area contributed by atoms with Crippen molar-refractivity contribution in [3.8, 4) is 0 Å². The Bertz CT molecular complexity index is 1020. The SMILES string of the molecule is CCn1ncc2c1ncc1c(N3CCCC3)nc3ncnn3c12. The van der Waals surface area contributed by atoms with E-state index in [4.69, 9.17) is 4.98 Å². The zero-order valence-electron chi connectivity index (χ0n) is 12.8. The van der Waals surface area contributed by atoms with E-state index >= 15 is 0 Å². The average molecular weight is 308 g/mol. The third kappa shape index (κ3) is 1.68. The molecule has 0 aromatic carbocycles. The monoisotopic (exact) mass is 308 g/mol. The minimum atomic E-state index is 0.621. The molecule has 4 aromatic rings. The van der Waals surface area contributed by atoms with Crippen LogP contribution in [0.2, 0.25) is 0 Å². The highest BCUT2D eigenvalue weighted by Gasteiger charge is 2.21. The molecule has 8 nitrogen and oxygen atoms in total. The second-order valence-electron chi connectivity index (χ2n) is 5.82. The van der Waals surface area contributed by atoms with Crippen LogP contribution in [0, 0.1) is 0 Å². The summed E-state index contributed by atoms with van der Waals surface area (Å²) >= 11 is 0. The summed E-state index contributed by atoms with van der Waals surface area (Å²) in [4.78, 5) is 16.0. The normalized spacial score (nSPS) is 15.4. The predicted molar refractivity (Wildman–Crippen MR) is 86.5 cm³/mol. The molecule has 0 aliphatic carbocycles. The van der Waals surface area contributed by atoms with E-state index in [0.29, 0.717) is 5.78 Å². The van der Waals surface area contributed by atoms with Gasteiger partial charge in [-0.3, -0.25) is 0 Å². The second-order valence-corrected chi connectivity index (χ2v) is 5.82. The summed E-state index contributed by atoms with van der Waals surface area (Å²) in [6, 6.07) is 0. The largest absolute Gasteiger partial charge is 0.356 e. The number of hydrogen-bond donors (Lipinski definition) is 0. The summed E-state index contributed by atoms with van der Waals surface area (Å²) in [5.41, 5.74) is 1.86. The molecule has 116 valence electrons. The van der Waals surface area contributed by atoms with Crippen molar-refractivity contribution in [1.82, 2.24) is 34.3 Å². The quantitative estimate of drug-likeness (QED) is 0.560. The van der Waals surface area contributed by atoms with Crippen LogP contribution in [0.15, 0.2) is 18.7 Å². The van der Waals surface area contributed by atoms with E-state index < -0.39 is 0 Å². The van der Waals surface area contributed by atoms with Crippen molar-refractivity contribution >= 4 is 33.5 Å². The molecule has 0 saturated carbocycles. The Labute approximate surface area is 131 Å². The van der Waals surface area contributed by atoms with Gasteiger partial charge in [-0.1, -0.05) is 0 Å². The van der Waals surface area contributed by atoms with Crippen molar-refractivity contribution in [3.63, 3.8) is 0 Å². The van der Waals surface area contributed by atoms with Gasteiger partial charge in [0.05, 0.1) is 22.5 Å². The van der Waals surface area contributed by atoms with Gasteiger partial charge in [0.25, 0.3) is 5.78 Å². The van der Waals surface area contributed by atoms with Crippen LogP contribution in [0.3, 0.4) is 0 Å². The lowest BCUT2D eigenvalue weighted by Crippen LogP contribution is -2.20. The van der Waals surface area contributed by atoms with Crippen LogP contribution in [0.25, 0.3) is 27.7 Å². The van der Waals surface area contributed by atoms with Crippen LogP contribution >= 0.6 is 0 Å². The maximum atomic E-state index is 4.73. The van der Waals surface area contributed by atoms with E-state index in [9.17, 15) is 0 Å². The van der Waals surface area contributed by atoms with Crippen LogP contribution in [0.1, 0.15) is 19.8 Å². The Morgan fingerprint density at radius 2 is 1.91 bits per heavy atom. The van der Waals surface area contributed by atoms with Crippen molar-refractivity contribution in [2.24, 2.45) is 0 Å². The van der Waals surface area contributed by atoms with Gasteiger partial charge in [0.2, 0.25) is 0 Å². The highest BCUT2D eigenvalue weighted by molar-refractivity contribution is 6.06. The lowest BCUT2D eigenvalue weighted by atomic mass is 10.2. The van der Waals surface area contributed by atoms with Gasteiger partial charge in [0, 0.05) is 25.8 Å². The third-order valence-electron chi connectivity index (χ3n) is 4.53. The van der Waals surface area contributed by atoms with Gasteiger partial charge >= 0.3 is 0 Å². The minimum Gasteiger partial charge on any atom is -0.356 e. The number of hydrogen-bond acceptors (Lipinski definition) is 6. The molecule has 0 unspecified atom stereocenters. The zero-order valence-corrected chi connectivity index (χ0v) is 12.8. The molecule has 0 N–H and O–H groups in total. The fraction of sp³-hybridized carbons (Fsp3) is 0.400. The van der Waals surface area contributed by atoms with Crippen molar-refractivity contribution in [2.45, 2.75) is 26.3 Å². The maximum absolute atomic E-state index is 4.73. The number of nitrogens with zero attached hydrogens (tertiary/aromatic N) is 8. The molecule has 0 amide bonds. The molecule has 1 aliphatic rings. The highest BCUT2D eigenvalue weighted by atomic mass is 15.3. The molecule has 1 saturated heterocycles.